The van der Waals surface area contributed by atoms with Gasteiger partial charge in [-0.05, 0) is 30.2 Å². The number of nitrogens with one attached hydrogen (secondary N) is 1. The van der Waals surface area contributed by atoms with Crippen molar-refractivity contribution in [1.82, 2.24) is 5.32 Å². The van der Waals surface area contributed by atoms with E-state index in [0.29, 0.717) is 0 Å². The highest BCUT2D eigenvalue weighted by Crippen LogP contribution is 2.24. The van der Waals surface area contributed by atoms with E-state index in [9.17, 15) is 0 Å². The number of halogens is 2. The summed E-state index contributed by atoms with van der Waals surface area (Å²) in [5.41, 5.74) is 2.48. The molecule has 76 valence electrons. The highest BCUT2D eigenvalue weighted by molar-refractivity contribution is 6.32. The van der Waals surface area contributed by atoms with Crippen LogP contribution < -0.4 is 5.32 Å². The van der Waals surface area contributed by atoms with Gasteiger partial charge in [-0.3, -0.25) is 0 Å². The zero-order valence-electron chi connectivity index (χ0n) is 7.79. The molecule has 0 fully saturated rings. The molecule has 1 aliphatic heterocycles. The van der Waals surface area contributed by atoms with Gasteiger partial charge in [-0.1, -0.05) is 35.9 Å². The summed E-state index contributed by atoms with van der Waals surface area (Å²) >= 11 is 6.09. The Balaban J connectivity index is 0.000000980. The molecule has 0 amide bonds. The quantitative estimate of drug-likeness (QED) is 0.781. The van der Waals surface area contributed by atoms with Crippen molar-refractivity contribution < 1.29 is 0 Å². The molecule has 0 unspecified atom stereocenters. The highest BCUT2D eigenvalue weighted by atomic mass is 35.5. The van der Waals surface area contributed by atoms with E-state index >= 15 is 0 Å². The van der Waals surface area contributed by atoms with E-state index in [1.165, 1.54) is 5.57 Å². The van der Waals surface area contributed by atoms with Gasteiger partial charge >= 0.3 is 0 Å². The van der Waals surface area contributed by atoms with Crippen LogP contribution in [0.2, 0.25) is 5.02 Å². The van der Waals surface area contributed by atoms with E-state index in [1.54, 1.807) is 0 Å². The van der Waals surface area contributed by atoms with E-state index in [2.05, 4.69) is 17.5 Å². The van der Waals surface area contributed by atoms with Crippen molar-refractivity contribution in [2.45, 2.75) is 6.42 Å². The van der Waals surface area contributed by atoms with Crippen molar-refractivity contribution in [2.75, 3.05) is 13.1 Å². The molecule has 2 rings (SSSR count). The summed E-state index contributed by atoms with van der Waals surface area (Å²) in [7, 11) is 0. The Kier molecular flexibility index (Phi) is 4.46. The fourth-order valence-corrected chi connectivity index (χ4v) is 1.83. The van der Waals surface area contributed by atoms with Gasteiger partial charge in [-0.25, -0.2) is 0 Å². The smallest absolute Gasteiger partial charge is 0.0481 e. The maximum absolute atomic E-state index is 6.09. The summed E-state index contributed by atoms with van der Waals surface area (Å²) in [6.45, 7) is 2.01. The fraction of sp³-hybridized carbons (Fsp3) is 0.273. The van der Waals surface area contributed by atoms with Crippen LogP contribution in [0, 0.1) is 0 Å². The summed E-state index contributed by atoms with van der Waals surface area (Å²) in [5, 5.41) is 4.18. The first kappa shape index (κ1) is 11.6. The third kappa shape index (κ3) is 2.50. The summed E-state index contributed by atoms with van der Waals surface area (Å²) in [5.74, 6) is 0. The van der Waals surface area contributed by atoms with Crippen molar-refractivity contribution in [2.24, 2.45) is 0 Å². The van der Waals surface area contributed by atoms with E-state index in [-0.39, 0.29) is 12.4 Å². The molecule has 1 nitrogen and oxygen atoms in total. The molecule has 1 aromatic carbocycles. The first-order valence-electron chi connectivity index (χ1n) is 4.52. The van der Waals surface area contributed by atoms with Gasteiger partial charge in [-0.15, -0.1) is 12.4 Å². The monoisotopic (exact) mass is 229 g/mol. The van der Waals surface area contributed by atoms with Crippen LogP contribution in [0.5, 0.6) is 0 Å². The van der Waals surface area contributed by atoms with Crippen LogP contribution >= 0.6 is 24.0 Å². The largest absolute Gasteiger partial charge is 0.312 e. The second kappa shape index (κ2) is 5.40. The molecule has 14 heavy (non-hydrogen) atoms. The fourth-order valence-electron chi connectivity index (χ4n) is 1.57. The Bertz CT molecular complexity index is 334. The van der Waals surface area contributed by atoms with Gasteiger partial charge < -0.3 is 5.32 Å². The lowest BCUT2D eigenvalue weighted by Gasteiger charge is -2.15. The van der Waals surface area contributed by atoms with Crippen LogP contribution in [-0.4, -0.2) is 13.1 Å². The minimum atomic E-state index is 0. The maximum Gasteiger partial charge on any atom is 0.0481 e. The lowest BCUT2D eigenvalue weighted by Crippen LogP contribution is -2.21. The first-order chi connectivity index (χ1) is 6.38. The summed E-state index contributed by atoms with van der Waals surface area (Å²) in [4.78, 5) is 0. The molecular formula is C11H13Cl2N. The molecule has 0 aromatic heterocycles. The summed E-state index contributed by atoms with van der Waals surface area (Å²) in [6.07, 6.45) is 3.36. The second-order valence-corrected chi connectivity index (χ2v) is 3.58. The highest BCUT2D eigenvalue weighted by Gasteiger charge is 2.07. The molecule has 0 saturated heterocycles. The zero-order valence-corrected chi connectivity index (χ0v) is 9.37. The van der Waals surface area contributed by atoms with E-state index in [0.717, 1.165) is 30.1 Å². The van der Waals surface area contributed by atoms with Gasteiger partial charge in [0.1, 0.15) is 0 Å². The van der Waals surface area contributed by atoms with E-state index < -0.39 is 0 Å². The standard InChI is InChI=1S/C11H12ClN.ClH/c12-11-6-2-1-5-10(11)9-4-3-7-13-8-9;/h1-2,4-6,13H,3,7-8H2;1H. The van der Waals surface area contributed by atoms with Gasteiger partial charge in [0, 0.05) is 11.6 Å². The Morgan fingerprint density at radius 2 is 2.00 bits per heavy atom. The molecular weight excluding hydrogens is 217 g/mol. The lowest BCUT2D eigenvalue weighted by atomic mass is 10.0. The topological polar surface area (TPSA) is 12.0 Å². The molecule has 0 spiro atoms. The first-order valence-corrected chi connectivity index (χ1v) is 4.90. The molecule has 0 atom stereocenters. The Morgan fingerprint density at radius 3 is 2.64 bits per heavy atom. The Morgan fingerprint density at radius 1 is 1.21 bits per heavy atom. The Labute approximate surface area is 95.6 Å². The maximum atomic E-state index is 6.09. The van der Waals surface area contributed by atoms with Gasteiger partial charge in [0.25, 0.3) is 0 Å². The van der Waals surface area contributed by atoms with Crippen LogP contribution in [0.4, 0.5) is 0 Å². The summed E-state index contributed by atoms with van der Waals surface area (Å²) in [6, 6.07) is 7.99. The number of hydrogen-bond donors (Lipinski definition) is 1. The van der Waals surface area contributed by atoms with E-state index in [1.807, 2.05) is 18.2 Å². The van der Waals surface area contributed by atoms with Crippen LogP contribution in [0.3, 0.4) is 0 Å². The molecule has 0 aliphatic carbocycles. The summed E-state index contributed by atoms with van der Waals surface area (Å²) < 4.78 is 0. The normalized spacial score (nSPS) is 15.6. The van der Waals surface area contributed by atoms with Crippen molar-refractivity contribution in [1.29, 1.82) is 0 Å². The number of benzene rings is 1. The molecule has 1 N–H and O–H groups in total. The molecule has 0 bridgehead atoms. The SMILES string of the molecule is Cl.Clc1ccccc1C1=CCCNC1. The van der Waals surface area contributed by atoms with Crippen molar-refractivity contribution >= 4 is 29.6 Å². The van der Waals surface area contributed by atoms with Gasteiger partial charge in [0.05, 0.1) is 0 Å². The number of rotatable bonds is 1. The molecule has 3 heteroatoms. The van der Waals surface area contributed by atoms with Gasteiger partial charge in [-0.2, -0.15) is 0 Å². The van der Waals surface area contributed by atoms with Gasteiger partial charge in [0.2, 0.25) is 0 Å². The molecule has 1 aromatic rings. The van der Waals surface area contributed by atoms with Crippen molar-refractivity contribution in [3.63, 3.8) is 0 Å². The zero-order chi connectivity index (χ0) is 9.10. The van der Waals surface area contributed by atoms with Crippen LogP contribution in [0.25, 0.3) is 5.57 Å². The molecule has 0 saturated carbocycles. The third-order valence-corrected chi connectivity index (χ3v) is 2.58. The van der Waals surface area contributed by atoms with Gasteiger partial charge in [0.15, 0.2) is 0 Å². The Hall–Kier alpha value is -0.500. The molecule has 1 heterocycles. The number of hydrogen-bond acceptors (Lipinski definition) is 1. The van der Waals surface area contributed by atoms with Crippen LogP contribution in [-0.2, 0) is 0 Å². The minimum absolute atomic E-state index is 0. The minimum Gasteiger partial charge on any atom is -0.312 e. The predicted octanol–water partition coefficient (Wildman–Crippen LogP) is 3.14. The second-order valence-electron chi connectivity index (χ2n) is 3.17. The average Bonchev–Trinajstić information content (AvgIpc) is 2.20. The lowest BCUT2D eigenvalue weighted by molar-refractivity contribution is 0.739. The molecule has 0 radical (unpaired) electrons. The van der Waals surface area contributed by atoms with Crippen molar-refractivity contribution in [3.8, 4) is 0 Å². The van der Waals surface area contributed by atoms with Crippen molar-refractivity contribution in [3.05, 3.63) is 40.9 Å². The predicted molar refractivity (Wildman–Crippen MR) is 64.2 cm³/mol. The van der Waals surface area contributed by atoms with Crippen LogP contribution in [0.15, 0.2) is 30.3 Å². The average molecular weight is 230 g/mol. The van der Waals surface area contributed by atoms with E-state index in [4.69, 9.17) is 11.6 Å². The van der Waals surface area contributed by atoms with Crippen LogP contribution in [0.1, 0.15) is 12.0 Å². The molecule has 1 aliphatic rings. The third-order valence-electron chi connectivity index (χ3n) is 2.25.